The molecule has 2 N–H and O–H groups in total. The second-order valence-corrected chi connectivity index (χ2v) is 5.77. The van der Waals surface area contributed by atoms with Gasteiger partial charge in [0.15, 0.2) is 0 Å². The van der Waals surface area contributed by atoms with Crippen molar-refractivity contribution in [3.05, 3.63) is 34.3 Å². The lowest BCUT2D eigenvalue weighted by molar-refractivity contribution is -0.137. The van der Waals surface area contributed by atoms with E-state index in [2.05, 4.69) is 21.2 Å². The first-order chi connectivity index (χ1) is 9.92. The Morgan fingerprint density at radius 3 is 2.48 bits per heavy atom. The molecular formula is C15H20BrNO4. The van der Waals surface area contributed by atoms with Crippen molar-refractivity contribution in [1.82, 2.24) is 5.32 Å². The first kappa shape index (κ1) is 17.7. The summed E-state index contributed by atoms with van der Waals surface area (Å²) >= 11 is 3.33. The number of carbonyl (C=O) groups excluding carboxylic acids is 1. The smallest absolute Gasteiger partial charge is 0.305 e. The molecule has 6 heteroatoms. The van der Waals surface area contributed by atoms with Crippen molar-refractivity contribution in [3.8, 4) is 0 Å². The molecule has 0 aromatic heterocycles. The van der Waals surface area contributed by atoms with Crippen LogP contribution in [0.3, 0.4) is 0 Å². The van der Waals surface area contributed by atoms with Gasteiger partial charge in [0.1, 0.15) is 0 Å². The lowest BCUT2D eigenvalue weighted by atomic mass is 10.0. The van der Waals surface area contributed by atoms with E-state index >= 15 is 0 Å². The maximum atomic E-state index is 11.9. The van der Waals surface area contributed by atoms with Crippen LogP contribution in [0, 0.1) is 0 Å². The first-order valence-corrected chi connectivity index (χ1v) is 7.51. The van der Waals surface area contributed by atoms with Gasteiger partial charge in [-0.05, 0) is 31.0 Å². The van der Waals surface area contributed by atoms with Gasteiger partial charge in [-0.2, -0.15) is 0 Å². The number of hydrogen-bond donors (Lipinski definition) is 2. The van der Waals surface area contributed by atoms with Gasteiger partial charge in [0, 0.05) is 18.0 Å². The zero-order valence-corrected chi connectivity index (χ0v) is 13.7. The molecule has 0 saturated heterocycles. The number of methoxy groups -OCH3 is 1. The molecule has 1 amide bonds. The number of aliphatic carboxylic acids is 1. The van der Waals surface area contributed by atoms with Gasteiger partial charge in [-0.25, -0.2) is 0 Å². The molecule has 0 saturated carbocycles. The Hall–Kier alpha value is -1.40. The van der Waals surface area contributed by atoms with E-state index in [1.807, 2.05) is 19.1 Å². The largest absolute Gasteiger partial charge is 0.481 e. The second-order valence-electron chi connectivity index (χ2n) is 4.85. The Morgan fingerprint density at radius 2 is 1.95 bits per heavy atom. The van der Waals surface area contributed by atoms with Crippen LogP contribution in [0.1, 0.15) is 37.8 Å². The standard InChI is InChI=1S/C15H20BrNO4/c1-10(21-2)3-8-14(18)17-13(9-15(19)20)11-4-6-12(16)7-5-11/h4-7,10,13H,3,8-9H2,1-2H3,(H,17,18)(H,19,20). The van der Waals surface area contributed by atoms with Crippen LogP contribution in [0.5, 0.6) is 0 Å². The molecule has 0 aliphatic heterocycles. The Bertz CT molecular complexity index is 475. The molecule has 1 aromatic carbocycles. The van der Waals surface area contributed by atoms with E-state index in [1.165, 1.54) is 0 Å². The van der Waals surface area contributed by atoms with Crippen molar-refractivity contribution in [2.45, 2.75) is 38.3 Å². The predicted molar refractivity (Wildman–Crippen MR) is 83.0 cm³/mol. The molecule has 0 aliphatic rings. The third kappa shape index (κ3) is 6.73. The number of ether oxygens (including phenoxy) is 1. The first-order valence-electron chi connectivity index (χ1n) is 6.71. The SMILES string of the molecule is COC(C)CCC(=O)NC(CC(=O)O)c1ccc(Br)cc1. The van der Waals surface area contributed by atoms with Crippen LogP contribution >= 0.6 is 15.9 Å². The van der Waals surface area contributed by atoms with Crippen LogP contribution in [0.25, 0.3) is 0 Å². The number of hydrogen-bond acceptors (Lipinski definition) is 3. The third-order valence-corrected chi connectivity index (χ3v) is 3.70. The van der Waals surface area contributed by atoms with Crippen molar-refractivity contribution in [1.29, 1.82) is 0 Å². The number of benzene rings is 1. The summed E-state index contributed by atoms with van der Waals surface area (Å²) in [5, 5.41) is 11.8. The summed E-state index contributed by atoms with van der Waals surface area (Å²) in [5.41, 5.74) is 0.772. The molecule has 2 unspecified atom stereocenters. The maximum absolute atomic E-state index is 11.9. The van der Waals surface area contributed by atoms with Crippen LogP contribution in [0.15, 0.2) is 28.7 Å². The van der Waals surface area contributed by atoms with Gasteiger partial charge in [0.05, 0.1) is 18.6 Å². The molecule has 0 spiro atoms. The number of halogens is 1. The fraction of sp³-hybridized carbons (Fsp3) is 0.467. The number of nitrogens with one attached hydrogen (secondary N) is 1. The molecule has 5 nitrogen and oxygen atoms in total. The summed E-state index contributed by atoms with van der Waals surface area (Å²) in [4.78, 5) is 22.9. The number of carboxylic acids is 1. The van der Waals surface area contributed by atoms with Crippen molar-refractivity contribution in [3.63, 3.8) is 0 Å². The number of carboxylic acid groups (broad SMARTS) is 1. The minimum Gasteiger partial charge on any atom is -0.481 e. The third-order valence-electron chi connectivity index (χ3n) is 3.17. The van der Waals surface area contributed by atoms with E-state index in [4.69, 9.17) is 9.84 Å². The monoisotopic (exact) mass is 357 g/mol. The van der Waals surface area contributed by atoms with E-state index in [0.717, 1.165) is 10.0 Å². The molecule has 1 aromatic rings. The topological polar surface area (TPSA) is 75.6 Å². The average Bonchev–Trinajstić information content (AvgIpc) is 2.44. The summed E-state index contributed by atoms with van der Waals surface area (Å²) in [7, 11) is 1.59. The van der Waals surface area contributed by atoms with E-state index in [1.54, 1.807) is 19.2 Å². The zero-order chi connectivity index (χ0) is 15.8. The average molecular weight is 358 g/mol. The van der Waals surface area contributed by atoms with Crippen molar-refractivity contribution < 1.29 is 19.4 Å². The zero-order valence-electron chi connectivity index (χ0n) is 12.1. The summed E-state index contributed by atoms with van der Waals surface area (Å²) in [5.74, 6) is -1.12. The Morgan fingerprint density at radius 1 is 1.33 bits per heavy atom. The number of rotatable bonds is 8. The molecular weight excluding hydrogens is 338 g/mol. The van der Waals surface area contributed by atoms with E-state index in [0.29, 0.717) is 12.8 Å². The van der Waals surface area contributed by atoms with Crippen LogP contribution in [0.2, 0.25) is 0 Å². The van der Waals surface area contributed by atoms with Crippen molar-refractivity contribution in [2.24, 2.45) is 0 Å². The van der Waals surface area contributed by atoms with Gasteiger partial charge in [-0.1, -0.05) is 28.1 Å². The quantitative estimate of drug-likeness (QED) is 0.749. The van der Waals surface area contributed by atoms with Crippen molar-refractivity contribution >= 4 is 27.8 Å². The molecule has 0 bridgehead atoms. The van der Waals surface area contributed by atoms with Crippen LogP contribution in [-0.4, -0.2) is 30.2 Å². The molecule has 0 radical (unpaired) electrons. The van der Waals surface area contributed by atoms with Gasteiger partial charge >= 0.3 is 5.97 Å². The second kappa shape index (κ2) is 8.79. The Labute approximate surface area is 132 Å². The van der Waals surface area contributed by atoms with E-state index in [-0.39, 0.29) is 18.4 Å². The normalized spacial score (nSPS) is 13.5. The highest BCUT2D eigenvalue weighted by atomic mass is 79.9. The highest BCUT2D eigenvalue weighted by molar-refractivity contribution is 9.10. The highest BCUT2D eigenvalue weighted by Crippen LogP contribution is 2.20. The number of carbonyl (C=O) groups is 2. The van der Waals surface area contributed by atoms with Gasteiger partial charge < -0.3 is 15.2 Å². The van der Waals surface area contributed by atoms with Gasteiger partial charge in [0.25, 0.3) is 0 Å². The maximum Gasteiger partial charge on any atom is 0.305 e. The summed E-state index contributed by atoms with van der Waals surface area (Å²) in [6.45, 7) is 1.89. The fourth-order valence-electron chi connectivity index (χ4n) is 1.84. The molecule has 0 fully saturated rings. The molecule has 1 rings (SSSR count). The van der Waals surface area contributed by atoms with Gasteiger partial charge in [-0.15, -0.1) is 0 Å². The lowest BCUT2D eigenvalue weighted by Gasteiger charge is -2.18. The number of amides is 1. The molecule has 2 atom stereocenters. The van der Waals surface area contributed by atoms with Gasteiger partial charge in [-0.3, -0.25) is 9.59 Å². The molecule has 0 aliphatic carbocycles. The Kier molecular flexibility index (Phi) is 7.39. The highest BCUT2D eigenvalue weighted by Gasteiger charge is 2.18. The molecule has 21 heavy (non-hydrogen) atoms. The fourth-order valence-corrected chi connectivity index (χ4v) is 2.10. The van der Waals surface area contributed by atoms with Gasteiger partial charge in [0.2, 0.25) is 5.91 Å². The minimum atomic E-state index is -0.950. The summed E-state index contributed by atoms with van der Waals surface area (Å²) < 4.78 is 5.99. The van der Waals surface area contributed by atoms with Crippen LogP contribution in [0.4, 0.5) is 0 Å². The van der Waals surface area contributed by atoms with E-state index in [9.17, 15) is 9.59 Å². The molecule has 0 heterocycles. The summed E-state index contributed by atoms with van der Waals surface area (Å²) in [6, 6.07) is 6.72. The Balaban J connectivity index is 2.67. The van der Waals surface area contributed by atoms with Crippen LogP contribution in [-0.2, 0) is 14.3 Å². The minimum absolute atomic E-state index is 0.00125. The molecule has 116 valence electrons. The van der Waals surface area contributed by atoms with Crippen LogP contribution < -0.4 is 5.32 Å². The van der Waals surface area contributed by atoms with Crippen molar-refractivity contribution in [2.75, 3.05) is 7.11 Å². The summed E-state index contributed by atoms with van der Waals surface area (Å²) in [6.07, 6.45) is 0.762. The van der Waals surface area contributed by atoms with E-state index < -0.39 is 12.0 Å². The predicted octanol–water partition coefficient (Wildman–Crippen LogP) is 2.90. The lowest BCUT2D eigenvalue weighted by Crippen LogP contribution is -2.30.